The first-order chi connectivity index (χ1) is 11.6. The quantitative estimate of drug-likeness (QED) is 0.855. The lowest BCUT2D eigenvalue weighted by Crippen LogP contribution is -2.40. The Morgan fingerprint density at radius 2 is 1.76 bits per heavy atom. The summed E-state index contributed by atoms with van der Waals surface area (Å²) < 4.78 is 27.3. The van der Waals surface area contributed by atoms with Crippen molar-refractivity contribution in [1.82, 2.24) is 14.9 Å². The number of hydrogen-bond donors (Lipinski definition) is 2. The summed E-state index contributed by atoms with van der Waals surface area (Å²) >= 11 is 0. The molecule has 2 saturated heterocycles. The lowest BCUT2D eigenvalue weighted by molar-refractivity contribution is 0.0748. The zero-order chi connectivity index (χ0) is 18.2. The van der Waals surface area contributed by atoms with Crippen LogP contribution in [-0.2, 0) is 10.0 Å². The van der Waals surface area contributed by atoms with E-state index in [1.807, 2.05) is 4.90 Å². The first kappa shape index (κ1) is 18.4. The topological polar surface area (TPSA) is 78.5 Å². The Balaban J connectivity index is 1.72. The number of likely N-dealkylation sites (tertiary alicyclic amines) is 1. The van der Waals surface area contributed by atoms with Crippen LogP contribution in [-0.4, -0.2) is 49.9 Å². The van der Waals surface area contributed by atoms with Crippen LogP contribution in [0.4, 0.5) is 0 Å². The van der Waals surface area contributed by atoms with Crippen molar-refractivity contribution in [3.05, 3.63) is 29.8 Å². The number of carbonyl (C=O) groups excluding carboxylic acids is 1. The molecule has 25 heavy (non-hydrogen) atoms. The summed E-state index contributed by atoms with van der Waals surface area (Å²) in [6, 6.07) is 7.13. The number of carbonyl (C=O) groups is 1. The highest BCUT2D eigenvalue weighted by Gasteiger charge is 2.31. The third kappa shape index (κ3) is 4.40. The molecule has 2 aliphatic heterocycles. The van der Waals surface area contributed by atoms with Gasteiger partial charge in [-0.25, -0.2) is 13.1 Å². The van der Waals surface area contributed by atoms with Crippen LogP contribution in [0.3, 0.4) is 0 Å². The standard InChI is InChI=1S/C18H27N3O3S/c1-18(2,3)20-25(23,24)16-8-4-13(5-9-16)17(22)21-11-10-14-6-7-15(12-21)19-14/h4-5,8-9,14-15,19-20H,6-7,10-12H2,1-3H3. The summed E-state index contributed by atoms with van der Waals surface area (Å²) in [6.45, 7) is 6.86. The molecule has 1 aromatic rings. The molecule has 1 amide bonds. The molecule has 138 valence electrons. The maximum atomic E-state index is 12.8. The van der Waals surface area contributed by atoms with E-state index in [1.165, 1.54) is 18.6 Å². The van der Waals surface area contributed by atoms with Gasteiger partial charge in [-0.1, -0.05) is 0 Å². The van der Waals surface area contributed by atoms with Crippen molar-refractivity contribution in [2.75, 3.05) is 13.1 Å². The Labute approximate surface area is 150 Å². The van der Waals surface area contributed by atoms with E-state index in [0.717, 1.165) is 25.9 Å². The summed E-state index contributed by atoms with van der Waals surface area (Å²) in [5.74, 6) is -0.0259. The van der Waals surface area contributed by atoms with Gasteiger partial charge < -0.3 is 10.2 Å². The summed E-state index contributed by atoms with van der Waals surface area (Å²) in [4.78, 5) is 14.8. The molecule has 2 N–H and O–H groups in total. The number of nitrogens with one attached hydrogen (secondary N) is 2. The minimum atomic E-state index is -3.58. The molecule has 2 heterocycles. The van der Waals surface area contributed by atoms with E-state index < -0.39 is 15.6 Å². The van der Waals surface area contributed by atoms with Gasteiger partial charge in [0.25, 0.3) is 5.91 Å². The van der Waals surface area contributed by atoms with Crippen molar-refractivity contribution in [2.45, 2.75) is 62.6 Å². The fourth-order valence-electron chi connectivity index (χ4n) is 3.55. The molecule has 0 aliphatic carbocycles. The number of rotatable bonds is 3. The van der Waals surface area contributed by atoms with E-state index in [4.69, 9.17) is 0 Å². The maximum Gasteiger partial charge on any atom is 0.253 e. The van der Waals surface area contributed by atoms with Gasteiger partial charge in [0, 0.05) is 36.3 Å². The van der Waals surface area contributed by atoms with Gasteiger partial charge in [0.2, 0.25) is 10.0 Å². The van der Waals surface area contributed by atoms with Crippen molar-refractivity contribution < 1.29 is 13.2 Å². The predicted octanol–water partition coefficient (Wildman–Crippen LogP) is 1.73. The Morgan fingerprint density at radius 3 is 2.40 bits per heavy atom. The molecule has 6 nitrogen and oxygen atoms in total. The van der Waals surface area contributed by atoms with Crippen LogP contribution in [0.5, 0.6) is 0 Å². The average Bonchev–Trinajstić information content (AvgIpc) is 2.83. The number of amides is 1. The van der Waals surface area contributed by atoms with Crippen LogP contribution >= 0.6 is 0 Å². The molecule has 2 aliphatic rings. The number of benzene rings is 1. The SMILES string of the molecule is CC(C)(C)NS(=O)(=O)c1ccc(C(=O)N2CCC3CCC(C2)N3)cc1. The summed E-state index contributed by atoms with van der Waals surface area (Å²) in [5, 5.41) is 3.56. The summed E-state index contributed by atoms with van der Waals surface area (Å²) in [7, 11) is -3.58. The van der Waals surface area contributed by atoms with Gasteiger partial charge >= 0.3 is 0 Å². The van der Waals surface area contributed by atoms with Crippen molar-refractivity contribution in [2.24, 2.45) is 0 Å². The first-order valence-electron chi connectivity index (χ1n) is 8.83. The van der Waals surface area contributed by atoms with Crippen LogP contribution in [0, 0.1) is 0 Å². The number of nitrogens with zero attached hydrogens (tertiary/aromatic N) is 1. The summed E-state index contributed by atoms with van der Waals surface area (Å²) in [5.41, 5.74) is -0.0152. The number of sulfonamides is 1. The van der Waals surface area contributed by atoms with Gasteiger partial charge in [-0.3, -0.25) is 4.79 Å². The minimum Gasteiger partial charge on any atom is -0.337 e. The molecular formula is C18H27N3O3S. The fourth-order valence-corrected chi connectivity index (χ4v) is 4.97. The van der Waals surface area contributed by atoms with E-state index >= 15 is 0 Å². The lowest BCUT2D eigenvalue weighted by Gasteiger charge is -2.24. The van der Waals surface area contributed by atoms with E-state index in [-0.39, 0.29) is 10.8 Å². The second-order valence-corrected chi connectivity index (χ2v) is 9.74. The van der Waals surface area contributed by atoms with Crippen molar-refractivity contribution in [3.8, 4) is 0 Å². The molecule has 2 fully saturated rings. The van der Waals surface area contributed by atoms with Gasteiger partial charge in [0.1, 0.15) is 0 Å². The molecule has 2 atom stereocenters. The monoisotopic (exact) mass is 365 g/mol. The largest absolute Gasteiger partial charge is 0.337 e. The molecule has 2 bridgehead atoms. The zero-order valence-corrected chi connectivity index (χ0v) is 15.9. The molecule has 1 aromatic carbocycles. The van der Waals surface area contributed by atoms with Gasteiger partial charge in [-0.05, 0) is 64.3 Å². The van der Waals surface area contributed by atoms with Crippen LogP contribution in [0.25, 0.3) is 0 Å². The second-order valence-electron chi connectivity index (χ2n) is 8.06. The molecule has 2 unspecified atom stereocenters. The van der Waals surface area contributed by atoms with E-state index in [0.29, 0.717) is 17.6 Å². The van der Waals surface area contributed by atoms with E-state index in [1.54, 1.807) is 32.9 Å². The summed E-state index contributed by atoms with van der Waals surface area (Å²) in [6.07, 6.45) is 3.29. The second kappa shape index (κ2) is 6.70. The van der Waals surface area contributed by atoms with E-state index in [2.05, 4.69) is 10.0 Å². The average molecular weight is 365 g/mol. The first-order valence-corrected chi connectivity index (χ1v) is 10.3. The Bertz CT molecular complexity index is 738. The Kier molecular flexibility index (Phi) is 4.92. The van der Waals surface area contributed by atoms with Crippen LogP contribution < -0.4 is 10.0 Å². The maximum absolute atomic E-state index is 12.8. The van der Waals surface area contributed by atoms with Crippen LogP contribution in [0.15, 0.2) is 29.2 Å². The highest BCUT2D eigenvalue weighted by atomic mass is 32.2. The molecular weight excluding hydrogens is 338 g/mol. The Morgan fingerprint density at radius 1 is 1.12 bits per heavy atom. The zero-order valence-electron chi connectivity index (χ0n) is 15.1. The van der Waals surface area contributed by atoms with Crippen molar-refractivity contribution >= 4 is 15.9 Å². The third-order valence-electron chi connectivity index (χ3n) is 4.66. The lowest BCUT2D eigenvalue weighted by atomic mass is 10.1. The molecule has 0 spiro atoms. The van der Waals surface area contributed by atoms with Crippen molar-refractivity contribution in [3.63, 3.8) is 0 Å². The third-order valence-corrected chi connectivity index (χ3v) is 6.44. The molecule has 0 radical (unpaired) electrons. The smallest absolute Gasteiger partial charge is 0.253 e. The van der Waals surface area contributed by atoms with Crippen LogP contribution in [0.2, 0.25) is 0 Å². The number of fused-ring (bicyclic) bond motifs is 2. The number of hydrogen-bond acceptors (Lipinski definition) is 4. The normalized spacial score (nSPS) is 24.2. The van der Waals surface area contributed by atoms with Gasteiger partial charge in [0.05, 0.1) is 4.90 Å². The molecule has 0 aromatic heterocycles. The highest BCUT2D eigenvalue weighted by Crippen LogP contribution is 2.22. The van der Waals surface area contributed by atoms with Gasteiger partial charge in [-0.2, -0.15) is 0 Å². The molecule has 7 heteroatoms. The van der Waals surface area contributed by atoms with E-state index in [9.17, 15) is 13.2 Å². The van der Waals surface area contributed by atoms with Crippen LogP contribution in [0.1, 0.15) is 50.4 Å². The van der Waals surface area contributed by atoms with Gasteiger partial charge in [0.15, 0.2) is 0 Å². The Hall–Kier alpha value is -1.44. The van der Waals surface area contributed by atoms with Crippen molar-refractivity contribution in [1.29, 1.82) is 0 Å². The highest BCUT2D eigenvalue weighted by molar-refractivity contribution is 7.89. The van der Waals surface area contributed by atoms with Gasteiger partial charge in [-0.15, -0.1) is 0 Å². The molecule has 0 saturated carbocycles. The molecule has 3 rings (SSSR count). The fraction of sp³-hybridized carbons (Fsp3) is 0.611. The minimum absolute atomic E-state index is 0.0259. The predicted molar refractivity (Wildman–Crippen MR) is 97.0 cm³/mol.